The summed E-state index contributed by atoms with van der Waals surface area (Å²) in [6.45, 7) is 8.18. The molecule has 0 aromatic heterocycles. The SMILES string of the molecule is CC1CCC(N2CC(C(=O)N(C)CC(C)(C)CN)CC2=O)CC1. The van der Waals surface area contributed by atoms with Gasteiger partial charge in [0.25, 0.3) is 0 Å². The van der Waals surface area contributed by atoms with E-state index < -0.39 is 0 Å². The van der Waals surface area contributed by atoms with E-state index in [1.54, 1.807) is 4.90 Å². The van der Waals surface area contributed by atoms with E-state index in [9.17, 15) is 9.59 Å². The molecule has 2 N–H and O–H groups in total. The summed E-state index contributed by atoms with van der Waals surface area (Å²) < 4.78 is 0. The lowest BCUT2D eigenvalue weighted by molar-refractivity contribution is -0.135. The van der Waals surface area contributed by atoms with Crippen molar-refractivity contribution < 1.29 is 9.59 Å². The first-order valence-corrected chi connectivity index (χ1v) is 8.98. The van der Waals surface area contributed by atoms with Gasteiger partial charge in [-0.15, -0.1) is 0 Å². The average Bonchev–Trinajstić information content (AvgIpc) is 2.88. The minimum atomic E-state index is -0.180. The maximum Gasteiger partial charge on any atom is 0.227 e. The molecule has 1 aliphatic heterocycles. The minimum Gasteiger partial charge on any atom is -0.345 e. The van der Waals surface area contributed by atoms with Crippen molar-refractivity contribution in [1.82, 2.24) is 9.80 Å². The summed E-state index contributed by atoms with van der Waals surface area (Å²) in [7, 11) is 1.83. The Hall–Kier alpha value is -1.10. The van der Waals surface area contributed by atoms with Crippen LogP contribution in [0.2, 0.25) is 0 Å². The summed E-state index contributed by atoms with van der Waals surface area (Å²) in [5, 5.41) is 0. The van der Waals surface area contributed by atoms with Crippen molar-refractivity contribution in [2.45, 2.75) is 58.9 Å². The van der Waals surface area contributed by atoms with Crippen LogP contribution in [-0.4, -0.2) is 54.3 Å². The number of hydrogen-bond donors (Lipinski definition) is 1. The van der Waals surface area contributed by atoms with Crippen molar-refractivity contribution in [2.24, 2.45) is 23.0 Å². The van der Waals surface area contributed by atoms with Crippen LogP contribution in [0.3, 0.4) is 0 Å². The lowest BCUT2D eigenvalue weighted by Crippen LogP contribution is -2.43. The van der Waals surface area contributed by atoms with E-state index in [-0.39, 0.29) is 23.1 Å². The Morgan fingerprint density at radius 2 is 1.91 bits per heavy atom. The van der Waals surface area contributed by atoms with Gasteiger partial charge in [-0.25, -0.2) is 0 Å². The van der Waals surface area contributed by atoms with Crippen LogP contribution >= 0.6 is 0 Å². The molecule has 2 aliphatic rings. The van der Waals surface area contributed by atoms with Crippen molar-refractivity contribution in [3.8, 4) is 0 Å². The summed E-state index contributed by atoms with van der Waals surface area (Å²) >= 11 is 0. The number of nitrogens with zero attached hydrogens (tertiary/aromatic N) is 2. The summed E-state index contributed by atoms with van der Waals surface area (Å²) in [6.07, 6.45) is 4.93. The molecule has 5 nitrogen and oxygen atoms in total. The average molecular weight is 323 g/mol. The van der Waals surface area contributed by atoms with Crippen molar-refractivity contribution in [2.75, 3.05) is 26.7 Å². The van der Waals surface area contributed by atoms with Gasteiger partial charge in [-0.1, -0.05) is 20.8 Å². The maximum absolute atomic E-state index is 12.7. The zero-order valence-electron chi connectivity index (χ0n) is 15.2. The second kappa shape index (κ2) is 7.20. The van der Waals surface area contributed by atoms with Gasteiger partial charge in [0, 0.05) is 32.6 Å². The fourth-order valence-corrected chi connectivity index (χ4v) is 3.90. The van der Waals surface area contributed by atoms with Crippen LogP contribution in [0.4, 0.5) is 0 Å². The van der Waals surface area contributed by atoms with E-state index in [1.165, 1.54) is 12.8 Å². The highest BCUT2D eigenvalue weighted by Gasteiger charge is 2.40. The summed E-state index contributed by atoms with van der Waals surface area (Å²) in [5.74, 6) is 0.840. The minimum absolute atomic E-state index is 0.0894. The van der Waals surface area contributed by atoms with Crippen LogP contribution in [0.1, 0.15) is 52.9 Å². The lowest BCUT2D eigenvalue weighted by Gasteiger charge is -2.34. The Bertz CT molecular complexity index is 442. The second-order valence-corrected chi connectivity index (χ2v) is 8.42. The number of hydrogen-bond acceptors (Lipinski definition) is 3. The monoisotopic (exact) mass is 323 g/mol. The number of carbonyl (C=O) groups excluding carboxylic acids is 2. The number of amides is 2. The standard InChI is InChI=1S/C18H33N3O2/c1-13-5-7-15(8-6-13)21-10-14(9-16(21)22)17(23)20(4)12-18(2,3)11-19/h13-15H,5-12,19H2,1-4H3. The molecule has 2 fully saturated rings. The Morgan fingerprint density at radius 1 is 1.30 bits per heavy atom. The highest BCUT2D eigenvalue weighted by molar-refractivity contribution is 5.89. The molecule has 2 rings (SSSR count). The van der Waals surface area contributed by atoms with Crippen molar-refractivity contribution in [3.05, 3.63) is 0 Å². The fraction of sp³-hybridized carbons (Fsp3) is 0.889. The molecule has 0 spiro atoms. The van der Waals surface area contributed by atoms with Crippen LogP contribution in [-0.2, 0) is 9.59 Å². The largest absolute Gasteiger partial charge is 0.345 e. The molecule has 5 heteroatoms. The Balaban J connectivity index is 1.92. The molecule has 0 radical (unpaired) electrons. The molecule has 1 atom stereocenters. The van der Waals surface area contributed by atoms with Crippen molar-refractivity contribution in [3.63, 3.8) is 0 Å². The van der Waals surface area contributed by atoms with Crippen LogP contribution in [0, 0.1) is 17.3 Å². The topological polar surface area (TPSA) is 66.6 Å². The fourth-order valence-electron chi connectivity index (χ4n) is 3.90. The maximum atomic E-state index is 12.7. The molecule has 132 valence electrons. The summed E-state index contributed by atoms with van der Waals surface area (Å²) in [4.78, 5) is 28.8. The highest BCUT2D eigenvalue weighted by Crippen LogP contribution is 2.31. The highest BCUT2D eigenvalue weighted by atomic mass is 16.2. The first-order valence-electron chi connectivity index (χ1n) is 8.98. The third-order valence-electron chi connectivity index (χ3n) is 5.53. The molecule has 0 aromatic rings. The van der Waals surface area contributed by atoms with Gasteiger partial charge < -0.3 is 15.5 Å². The molecule has 1 saturated heterocycles. The zero-order valence-corrected chi connectivity index (χ0v) is 15.2. The van der Waals surface area contributed by atoms with Crippen molar-refractivity contribution in [1.29, 1.82) is 0 Å². The van der Waals surface area contributed by atoms with Crippen molar-refractivity contribution >= 4 is 11.8 Å². The Kier molecular flexibility index (Phi) is 5.71. The number of rotatable bonds is 5. The van der Waals surface area contributed by atoms with Crippen LogP contribution in [0.5, 0.6) is 0 Å². The lowest BCUT2D eigenvalue weighted by atomic mass is 9.86. The van der Waals surface area contributed by atoms with Crippen LogP contribution in [0.15, 0.2) is 0 Å². The quantitative estimate of drug-likeness (QED) is 0.840. The third-order valence-corrected chi connectivity index (χ3v) is 5.53. The van der Waals surface area contributed by atoms with Crippen LogP contribution < -0.4 is 5.73 Å². The van der Waals surface area contributed by atoms with Gasteiger partial charge >= 0.3 is 0 Å². The molecular weight excluding hydrogens is 290 g/mol. The predicted octanol–water partition coefficient (Wildman–Crippen LogP) is 1.86. The van der Waals surface area contributed by atoms with E-state index >= 15 is 0 Å². The summed E-state index contributed by atoms with van der Waals surface area (Å²) in [6, 6.07) is 0.349. The Labute approximate surface area is 140 Å². The van der Waals surface area contributed by atoms with E-state index in [1.807, 2.05) is 11.9 Å². The molecule has 1 saturated carbocycles. The summed E-state index contributed by atoms with van der Waals surface area (Å²) in [5.41, 5.74) is 5.67. The molecule has 1 unspecified atom stereocenters. The van der Waals surface area contributed by atoms with E-state index in [0.29, 0.717) is 32.1 Å². The van der Waals surface area contributed by atoms with Gasteiger partial charge in [0.05, 0.1) is 5.92 Å². The first-order chi connectivity index (χ1) is 10.7. The molecule has 23 heavy (non-hydrogen) atoms. The number of carbonyl (C=O) groups is 2. The molecule has 0 aromatic carbocycles. The smallest absolute Gasteiger partial charge is 0.227 e. The third kappa shape index (κ3) is 4.46. The molecule has 1 heterocycles. The Morgan fingerprint density at radius 3 is 2.48 bits per heavy atom. The van der Waals surface area contributed by atoms with E-state index in [2.05, 4.69) is 20.8 Å². The van der Waals surface area contributed by atoms with Gasteiger partial charge in [-0.3, -0.25) is 9.59 Å². The first kappa shape index (κ1) is 18.2. The predicted molar refractivity (Wildman–Crippen MR) is 91.7 cm³/mol. The molecule has 2 amide bonds. The zero-order chi connectivity index (χ0) is 17.2. The number of likely N-dealkylation sites (tertiary alicyclic amines) is 1. The van der Waals surface area contributed by atoms with Gasteiger partial charge in [-0.05, 0) is 43.6 Å². The van der Waals surface area contributed by atoms with Gasteiger partial charge in [0.2, 0.25) is 11.8 Å². The van der Waals surface area contributed by atoms with Gasteiger partial charge in [-0.2, -0.15) is 0 Å². The molecular formula is C18H33N3O2. The molecule has 1 aliphatic carbocycles. The van der Waals surface area contributed by atoms with E-state index in [0.717, 1.165) is 18.8 Å². The normalized spacial score (nSPS) is 29.0. The van der Waals surface area contributed by atoms with Crippen LogP contribution in [0.25, 0.3) is 0 Å². The number of nitrogens with two attached hydrogens (primary N) is 1. The molecule has 0 bridgehead atoms. The van der Waals surface area contributed by atoms with Gasteiger partial charge in [0.15, 0.2) is 0 Å². The second-order valence-electron chi connectivity index (χ2n) is 8.42. The van der Waals surface area contributed by atoms with E-state index in [4.69, 9.17) is 5.73 Å². The van der Waals surface area contributed by atoms with Gasteiger partial charge in [0.1, 0.15) is 0 Å².